The highest BCUT2D eigenvalue weighted by Crippen LogP contribution is 2.25. The zero-order chi connectivity index (χ0) is 16.9. The minimum Gasteiger partial charge on any atom is -0.369 e. The monoisotopic (exact) mass is 363 g/mol. The molecule has 1 aliphatic rings. The van der Waals surface area contributed by atoms with Gasteiger partial charge in [0, 0.05) is 41.8 Å². The Bertz CT molecular complexity index is 682. The zero-order valence-corrected chi connectivity index (χ0v) is 15.4. The van der Waals surface area contributed by atoms with Crippen molar-refractivity contribution in [2.24, 2.45) is 0 Å². The van der Waals surface area contributed by atoms with E-state index in [0.717, 1.165) is 31.2 Å². The number of hydrogen-bond acceptors (Lipinski definition) is 4. The Labute approximate surface area is 152 Å². The lowest BCUT2D eigenvalue weighted by Crippen LogP contribution is -2.49. The van der Waals surface area contributed by atoms with Crippen molar-refractivity contribution in [3.05, 3.63) is 51.2 Å². The average Bonchev–Trinajstić information content (AvgIpc) is 3.10. The molecule has 1 fully saturated rings. The third-order valence-electron chi connectivity index (χ3n) is 4.29. The smallest absolute Gasteiger partial charge is 0.234 e. The number of carbonyl (C=O) groups excluding carboxylic acids is 1. The van der Waals surface area contributed by atoms with E-state index in [4.69, 9.17) is 11.6 Å². The van der Waals surface area contributed by atoms with Gasteiger partial charge in [0.2, 0.25) is 5.91 Å². The normalized spacial score (nSPS) is 15.5. The molecule has 2 aromatic rings. The number of amides is 1. The lowest BCUT2D eigenvalue weighted by atomic mass is 10.1. The Morgan fingerprint density at radius 1 is 1.25 bits per heavy atom. The van der Waals surface area contributed by atoms with Gasteiger partial charge in [-0.15, -0.1) is 11.3 Å². The molecule has 0 saturated carbocycles. The number of hydrogen-bond donors (Lipinski definition) is 1. The van der Waals surface area contributed by atoms with Gasteiger partial charge in [-0.25, -0.2) is 0 Å². The molecule has 1 aromatic carbocycles. The van der Waals surface area contributed by atoms with Crippen LogP contribution in [-0.4, -0.2) is 43.5 Å². The minimum absolute atomic E-state index is 0.0933. The van der Waals surface area contributed by atoms with E-state index in [9.17, 15) is 4.79 Å². The number of nitrogens with one attached hydrogen (secondary N) is 1. The summed E-state index contributed by atoms with van der Waals surface area (Å²) < 4.78 is 0. The molecule has 0 aliphatic carbocycles. The quantitative estimate of drug-likeness (QED) is 0.886. The standard InChI is InChI=1S/C18H22ClN3OS/c1-14-4-5-15(19)11-17(14)22-8-6-21(7-9-22)13-18(23)20-12-16-3-2-10-24-16/h2-5,10-11H,6-9,12-13H2,1H3,(H,20,23). The summed E-state index contributed by atoms with van der Waals surface area (Å²) in [6.07, 6.45) is 0. The van der Waals surface area contributed by atoms with E-state index >= 15 is 0 Å². The molecule has 128 valence electrons. The second kappa shape index (κ2) is 8.01. The molecule has 0 bridgehead atoms. The van der Waals surface area contributed by atoms with Gasteiger partial charge in [0.15, 0.2) is 0 Å². The SMILES string of the molecule is Cc1ccc(Cl)cc1N1CCN(CC(=O)NCc2cccs2)CC1. The molecule has 24 heavy (non-hydrogen) atoms. The second-order valence-electron chi connectivity index (χ2n) is 6.05. The highest BCUT2D eigenvalue weighted by atomic mass is 35.5. The summed E-state index contributed by atoms with van der Waals surface area (Å²) in [5.74, 6) is 0.0933. The van der Waals surface area contributed by atoms with Crippen molar-refractivity contribution in [2.75, 3.05) is 37.6 Å². The molecule has 0 radical (unpaired) electrons. The molecule has 1 amide bonds. The van der Waals surface area contributed by atoms with Crippen LogP contribution in [0.25, 0.3) is 0 Å². The number of thiophene rings is 1. The lowest BCUT2D eigenvalue weighted by Gasteiger charge is -2.36. The van der Waals surface area contributed by atoms with E-state index in [1.165, 1.54) is 16.1 Å². The van der Waals surface area contributed by atoms with Gasteiger partial charge >= 0.3 is 0 Å². The van der Waals surface area contributed by atoms with Crippen molar-refractivity contribution in [3.63, 3.8) is 0 Å². The topological polar surface area (TPSA) is 35.6 Å². The van der Waals surface area contributed by atoms with E-state index in [1.807, 2.05) is 29.6 Å². The maximum Gasteiger partial charge on any atom is 0.234 e. The van der Waals surface area contributed by atoms with Gasteiger partial charge in [-0.3, -0.25) is 9.69 Å². The summed E-state index contributed by atoms with van der Waals surface area (Å²) in [7, 11) is 0. The van der Waals surface area contributed by atoms with Gasteiger partial charge in [0.05, 0.1) is 13.1 Å². The van der Waals surface area contributed by atoms with Crippen molar-refractivity contribution in [2.45, 2.75) is 13.5 Å². The molecule has 1 aromatic heterocycles. The van der Waals surface area contributed by atoms with Gasteiger partial charge in [-0.1, -0.05) is 23.7 Å². The number of carbonyl (C=O) groups is 1. The van der Waals surface area contributed by atoms with Crippen LogP contribution in [0.3, 0.4) is 0 Å². The van der Waals surface area contributed by atoms with E-state index in [0.29, 0.717) is 13.1 Å². The number of aryl methyl sites for hydroxylation is 1. The maximum absolute atomic E-state index is 12.1. The molecule has 2 heterocycles. The van der Waals surface area contributed by atoms with Crippen LogP contribution < -0.4 is 10.2 Å². The molecule has 3 rings (SSSR count). The van der Waals surface area contributed by atoms with E-state index in [2.05, 4.69) is 28.1 Å². The first-order chi connectivity index (χ1) is 11.6. The Hall–Kier alpha value is -1.56. The Kier molecular flexibility index (Phi) is 5.76. The van der Waals surface area contributed by atoms with Crippen LogP contribution in [0.15, 0.2) is 35.7 Å². The highest BCUT2D eigenvalue weighted by molar-refractivity contribution is 7.09. The lowest BCUT2D eigenvalue weighted by molar-refractivity contribution is -0.122. The molecule has 0 spiro atoms. The third kappa shape index (κ3) is 4.50. The van der Waals surface area contributed by atoms with Gasteiger partial charge in [0.25, 0.3) is 0 Å². The summed E-state index contributed by atoms with van der Waals surface area (Å²) in [5.41, 5.74) is 2.44. The van der Waals surface area contributed by atoms with Crippen LogP contribution in [0.4, 0.5) is 5.69 Å². The number of piperazine rings is 1. The minimum atomic E-state index is 0.0933. The van der Waals surface area contributed by atoms with Crippen LogP contribution in [-0.2, 0) is 11.3 Å². The van der Waals surface area contributed by atoms with Crippen LogP contribution >= 0.6 is 22.9 Å². The summed E-state index contributed by atoms with van der Waals surface area (Å²) in [6.45, 7) is 6.80. The average molecular weight is 364 g/mol. The van der Waals surface area contributed by atoms with Crippen LogP contribution in [0.5, 0.6) is 0 Å². The largest absolute Gasteiger partial charge is 0.369 e. The van der Waals surface area contributed by atoms with Crippen LogP contribution in [0.2, 0.25) is 5.02 Å². The number of benzene rings is 1. The molecule has 4 nitrogen and oxygen atoms in total. The Morgan fingerprint density at radius 3 is 2.75 bits per heavy atom. The highest BCUT2D eigenvalue weighted by Gasteiger charge is 2.20. The first kappa shape index (κ1) is 17.3. The number of halogens is 1. The molecule has 1 N–H and O–H groups in total. The molecule has 0 atom stereocenters. The van der Waals surface area contributed by atoms with Crippen LogP contribution in [0.1, 0.15) is 10.4 Å². The van der Waals surface area contributed by atoms with Gasteiger partial charge in [-0.2, -0.15) is 0 Å². The molecule has 1 aliphatic heterocycles. The number of nitrogens with zero attached hydrogens (tertiary/aromatic N) is 2. The van der Waals surface area contributed by atoms with E-state index < -0.39 is 0 Å². The Morgan fingerprint density at radius 2 is 2.04 bits per heavy atom. The molecule has 6 heteroatoms. The van der Waals surface area contributed by atoms with E-state index in [1.54, 1.807) is 11.3 Å². The number of anilines is 1. The number of rotatable bonds is 5. The first-order valence-corrected chi connectivity index (χ1v) is 9.40. The third-order valence-corrected chi connectivity index (χ3v) is 5.40. The summed E-state index contributed by atoms with van der Waals surface area (Å²) in [4.78, 5) is 17.8. The van der Waals surface area contributed by atoms with E-state index in [-0.39, 0.29) is 5.91 Å². The predicted molar refractivity (Wildman–Crippen MR) is 101 cm³/mol. The summed E-state index contributed by atoms with van der Waals surface area (Å²) >= 11 is 7.79. The van der Waals surface area contributed by atoms with Gasteiger partial charge in [-0.05, 0) is 36.1 Å². The molecular weight excluding hydrogens is 342 g/mol. The second-order valence-corrected chi connectivity index (χ2v) is 7.52. The predicted octanol–water partition coefficient (Wildman–Crippen LogP) is 3.15. The summed E-state index contributed by atoms with van der Waals surface area (Å²) in [5, 5.41) is 5.79. The maximum atomic E-state index is 12.1. The van der Waals surface area contributed by atoms with Crippen LogP contribution in [0, 0.1) is 6.92 Å². The summed E-state index contributed by atoms with van der Waals surface area (Å²) in [6, 6.07) is 10.1. The fraction of sp³-hybridized carbons (Fsp3) is 0.389. The fourth-order valence-electron chi connectivity index (χ4n) is 2.93. The van der Waals surface area contributed by atoms with Gasteiger partial charge < -0.3 is 10.2 Å². The first-order valence-electron chi connectivity index (χ1n) is 8.14. The van der Waals surface area contributed by atoms with Crippen molar-refractivity contribution >= 4 is 34.5 Å². The fourth-order valence-corrected chi connectivity index (χ4v) is 3.74. The van der Waals surface area contributed by atoms with Crippen molar-refractivity contribution in [1.82, 2.24) is 10.2 Å². The molecule has 0 unspecified atom stereocenters. The molecular formula is C18H22ClN3OS. The Balaban J connectivity index is 1.46. The van der Waals surface area contributed by atoms with Crippen molar-refractivity contribution in [3.8, 4) is 0 Å². The van der Waals surface area contributed by atoms with Crippen molar-refractivity contribution < 1.29 is 4.79 Å². The van der Waals surface area contributed by atoms with Crippen molar-refractivity contribution in [1.29, 1.82) is 0 Å². The van der Waals surface area contributed by atoms with Gasteiger partial charge in [0.1, 0.15) is 0 Å². The zero-order valence-electron chi connectivity index (χ0n) is 13.8. The molecule has 1 saturated heterocycles.